The molecule has 94 valence electrons. The maximum absolute atomic E-state index is 12.1. The minimum absolute atomic E-state index is 0.0288. The predicted molar refractivity (Wildman–Crippen MR) is 76.8 cm³/mol. The van der Waals surface area contributed by atoms with E-state index in [1.165, 1.54) is 11.1 Å². The van der Waals surface area contributed by atoms with E-state index in [1.807, 2.05) is 43.7 Å². The molecule has 2 rings (SSSR count). The lowest BCUT2D eigenvalue weighted by Crippen LogP contribution is -2.23. The zero-order chi connectivity index (χ0) is 13.4. The molecule has 0 aliphatic carbocycles. The zero-order valence-corrected chi connectivity index (χ0v) is 12.1. The van der Waals surface area contributed by atoms with E-state index >= 15 is 0 Å². The molecule has 4 heteroatoms. The van der Waals surface area contributed by atoms with Crippen LogP contribution >= 0.6 is 8.86 Å². The van der Waals surface area contributed by atoms with Crippen LogP contribution in [0.25, 0.3) is 5.69 Å². The quantitative estimate of drug-likeness (QED) is 0.724. The fourth-order valence-electron chi connectivity index (χ4n) is 1.88. The van der Waals surface area contributed by atoms with E-state index in [0.29, 0.717) is 0 Å². The third kappa shape index (κ3) is 2.06. The minimum Gasteiger partial charge on any atom is -0.331 e. The molecule has 0 bridgehead atoms. The molecular formula is C14H17N2OP. The monoisotopic (exact) mass is 260 g/mol. The second-order valence-electron chi connectivity index (χ2n) is 4.61. The summed E-state index contributed by atoms with van der Waals surface area (Å²) in [5.74, 6) is 0. The lowest BCUT2D eigenvalue weighted by Gasteiger charge is -2.13. The Hall–Kier alpha value is -1.60. The topological polar surface area (TPSA) is 26.9 Å². The van der Waals surface area contributed by atoms with Crippen molar-refractivity contribution in [2.24, 2.45) is 7.05 Å². The van der Waals surface area contributed by atoms with E-state index in [9.17, 15) is 4.79 Å². The average Bonchev–Trinajstić information content (AvgIpc) is 2.31. The van der Waals surface area contributed by atoms with Crippen molar-refractivity contribution in [3.63, 3.8) is 0 Å². The SMILES string of the molecule is Cc1ccc(-n2c(=O)cc(C)n(C)c2=P)cc1C. The molecule has 1 aromatic carbocycles. The smallest absolute Gasteiger partial charge is 0.258 e. The first-order valence-corrected chi connectivity index (χ1v) is 6.33. The zero-order valence-electron chi connectivity index (χ0n) is 11.1. The highest BCUT2D eigenvalue weighted by atomic mass is 31.0. The lowest BCUT2D eigenvalue weighted by atomic mass is 10.1. The molecule has 3 nitrogen and oxygen atoms in total. The molecule has 0 unspecified atom stereocenters. The Balaban J connectivity index is 2.80. The molecule has 0 N–H and O–H groups in total. The Bertz CT molecular complexity index is 726. The molecule has 0 saturated heterocycles. The number of hydrogen-bond donors (Lipinski definition) is 0. The van der Waals surface area contributed by atoms with E-state index in [4.69, 9.17) is 0 Å². The van der Waals surface area contributed by atoms with Gasteiger partial charge in [-0.1, -0.05) is 14.9 Å². The first-order chi connectivity index (χ1) is 8.41. The van der Waals surface area contributed by atoms with Crippen LogP contribution in [-0.2, 0) is 7.05 Å². The van der Waals surface area contributed by atoms with Gasteiger partial charge < -0.3 is 4.57 Å². The molecule has 0 aliphatic rings. The van der Waals surface area contributed by atoms with Crippen molar-refractivity contribution < 1.29 is 0 Å². The maximum Gasteiger partial charge on any atom is 0.258 e. The maximum atomic E-state index is 12.1. The first kappa shape index (κ1) is 12.8. The van der Waals surface area contributed by atoms with E-state index in [1.54, 1.807) is 10.6 Å². The van der Waals surface area contributed by atoms with Crippen molar-refractivity contribution in [3.8, 4) is 5.69 Å². The van der Waals surface area contributed by atoms with Crippen LogP contribution in [0.15, 0.2) is 29.1 Å². The Kier molecular flexibility index (Phi) is 3.27. The molecule has 0 spiro atoms. The van der Waals surface area contributed by atoms with Gasteiger partial charge in [0.2, 0.25) is 0 Å². The summed E-state index contributed by atoms with van der Waals surface area (Å²) in [5.41, 5.74) is 4.17. The lowest BCUT2D eigenvalue weighted by molar-refractivity contribution is 0.743. The van der Waals surface area contributed by atoms with Gasteiger partial charge >= 0.3 is 0 Å². The van der Waals surface area contributed by atoms with E-state index in [-0.39, 0.29) is 5.56 Å². The molecule has 0 amide bonds. The van der Waals surface area contributed by atoms with Crippen LogP contribution in [0.1, 0.15) is 16.8 Å². The summed E-state index contributed by atoms with van der Waals surface area (Å²) in [7, 11) is 5.47. The molecule has 1 aromatic heterocycles. The first-order valence-electron chi connectivity index (χ1n) is 5.83. The molecule has 0 saturated carbocycles. The summed E-state index contributed by atoms with van der Waals surface area (Å²) in [6, 6.07) is 7.65. The van der Waals surface area contributed by atoms with Gasteiger partial charge in [0, 0.05) is 18.8 Å². The number of aryl methyl sites for hydroxylation is 3. The highest BCUT2D eigenvalue weighted by Gasteiger charge is 2.05. The number of rotatable bonds is 1. The van der Waals surface area contributed by atoms with Gasteiger partial charge in [0.25, 0.3) is 5.56 Å². The Morgan fingerprint density at radius 1 is 1.06 bits per heavy atom. The largest absolute Gasteiger partial charge is 0.331 e. The number of hydrogen-bond acceptors (Lipinski definition) is 1. The molecule has 0 fully saturated rings. The molecule has 0 aliphatic heterocycles. The summed E-state index contributed by atoms with van der Waals surface area (Å²) in [6.07, 6.45) is 0. The second-order valence-corrected chi connectivity index (χ2v) is 5.06. The third-order valence-electron chi connectivity index (χ3n) is 3.36. The molecule has 0 atom stereocenters. The minimum atomic E-state index is -0.0288. The number of nitrogens with zero attached hydrogens (tertiary/aromatic N) is 2. The van der Waals surface area contributed by atoms with Gasteiger partial charge in [-0.15, -0.1) is 0 Å². The van der Waals surface area contributed by atoms with Gasteiger partial charge in [0.15, 0.2) is 0 Å². The average molecular weight is 260 g/mol. The van der Waals surface area contributed by atoms with Gasteiger partial charge in [0.05, 0.1) is 5.69 Å². The van der Waals surface area contributed by atoms with Gasteiger partial charge in [-0.05, 0) is 44.0 Å². The number of benzene rings is 1. The highest BCUT2D eigenvalue weighted by Crippen LogP contribution is 2.13. The standard InChI is InChI=1S/C14H17N2OP/c1-9-5-6-12(7-10(9)2)16-13(17)8-11(3)15(4)14(16)18/h5-8,18H,1-4H3. The summed E-state index contributed by atoms with van der Waals surface area (Å²) in [6.45, 7) is 6.02. The summed E-state index contributed by atoms with van der Waals surface area (Å²) in [5, 5.41) is 0.739. The Labute approximate surface area is 109 Å². The van der Waals surface area contributed by atoms with Crippen LogP contribution in [-0.4, -0.2) is 9.13 Å². The fourth-order valence-corrected chi connectivity index (χ4v) is 2.29. The summed E-state index contributed by atoms with van der Waals surface area (Å²) in [4.78, 5) is 12.1. The fraction of sp³-hybridized carbons (Fsp3) is 0.286. The molecule has 1 heterocycles. The van der Waals surface area contributed by atoms with E-state index < -0.39 is 0 Å². The third-order valence-corrected chi connectivity index (χ3v) is 3.92. The second kappa shape index (κ2) is 4.58. The molecular weight excluding hydrogens is 243 g/mol. The van der Waals surface area contributed by atoms with Crippen molar-refractivity contribution in [3.05, 3.63) is 56.6 Å². The predicted octanol–water partition coefficient (Wildman–Crippen LogP) is 2.78. The summed E-state index contributed by atoms with van der Waals surface area (Å²) >= 11 is 0. The van der Waals surface area contributed by atoms with Crippen LogP contribution in [0.4, 0.5) is 0 Å². The van der Waals surface area contributed by atoms with E-state index in [0.717, 1.165) is 16.6 Å². The van der Waals surface area contributed by atoms with Crippen molar-refractivity contribution in [2.45, 2.75) is 20.8 Å². The molecule has 18 heavy (non-hydrogen) atoms. The molecule has 0 radical (unpaired) electrons. The number of aromatic nitrogens is 2. The van der Waals surface area contributed by atoms with Gasteiger partial charge in [0.1, 0.15) is 5.20 Å². The normalized spacial score (nSPS) is 10.7. The van der Waals surface area contributed by atoms with Crippen molar-refractivity contribution in [1.29, 1.82) is 0 Å². The van der Waals surface area contributed by atoms with Crippen LogP contribution in [0, 0.1) is 26.0 Å². The van der Waals surface area contributed by atoms with Crippen LogP contribution in [0.5, 0.6) is 0 Å². The van der Waals surface area contributed by atoms with Gasteiger partial charge in [-0.25, -0.2) is 0 Å². The van der Waals surface area contributed by atoms with Crippen LogP contribution < -0.4 is 5.56 Å². The van der Waals surface area contributed by atoms with Gasteiger partial charge in [-0.3, -0.25) is 9.36 Å². The van der Waals surface area contributed by atoms with Crippen LogP contribution in [0.2, 0.25) is 0 Å². The Morgan fingerprint density at radius 2 is 1.72 bits per heavy atom. The van der Waals surface area contributed by atoms with Crippen molar-refractivity contribution in [1.82, 2.24) is 9.13 Å². The van der Waals surface area contributed by atoms with Crippen molar-refractivity contribution >= 4 is 8.86 Å². The summed E-state index contributed by atoms with van der Waals surface area (Å²) < 4.78 is 3.60. The molecule has 2 aromatic rings. The van der Waals surface area contributed by atoms with Crippen molar-refractivity contribution in [2.75, 3.05) is 0 Å². The Morgan fingerprint density at radius 3 is 2.33 bits per heavy atom. The van der Waals surface area contributed by atoms with E-state index in [2.05, 4.69) is 15.8 Å². The van der Waals surface area contributed by atoms with Crippen LogP contribution in [0.3, 0.4) is 0 Å². The van der Waals surface area contributed by atoms with Gasteiger partial charge in [-0.2, -0.15) is 0 Å². The highest BCUT2D eigenvalue weighted by molar-refractivity contribution is 7.06.